The summed E-state index contributed by atoms with van der Waals surface area (Å²) in [5.74, 6) is 0.953. The predicted molar refractivity (Wildman–Crippen MR) is 94.9 cm³/mol. The molecule has 5 nitrogen and oxygen atoms in total. The second-order valence-electron chi connectivity index (χ2n) is 5.85. The lowest BCUT2D eigenvalue weighted by Gasteiger charge is -2.06. The number of ether oxygens (including phenoxy) is 1. The molecular weight excluding hydrogens is 302 g/mol. The van der Waals surface area contributed by atoms with Crippen molar-refractivity contribution in [2.24, 2.45) is 0 Å². The number of benzene rings is 2. The first-order valence-electron chi connectivity index (χ1n) is 8.53. The Kier molecular flexibility index (Phi) is 4.99. The molecule has 0 aliphatic carbocycles. The third kappa shape index (κ3) is 3.50. The quantitative estimate of drug-likeness (QED) is 0.659. The minimum atomic E-state index is 0.180. The van der Waals surface area contributed by atoms with E-state index in [0.717, 1.165) is 29.6 Å². The van der Waals surface area contributed by atoms with Gasteiger partial charge in [-0.25, -0.2) is 0 Å². The van der Waals surface area contributed by atoms with Gasteiger partial charge in [0.25, 0.3) is 0 Å². The molecule has 0 aliphatic rings. The van der Waals surface area contributed by atoms with E-state index in [-0.39, 0.29) is 5.75 Å². The summed E-state index contributed by atoms with van der Waals surface area (Å²) >= 11 is 0. The highest BCUT2D eigenvalue weighted by atomic mass is 16.5. The van der Waals surface area contributed by atoms with Crippen LogP contribution in [0.15, 0.2) is 36.4 Å². The predicted octanol–water partition coefficient (Wildman–Crippen LogP) is 4.26. The minimum absolute atomic E-state index is 0.180. The van der Waals surface area contributed by atoms with Crippen molar-refractivity contribution in [3.8, 4) is 17.2 Å². The molecule has 2 aromatic carbocycles. The molecule has 0 amide bonds. The maximum absolute atomic E-state index is 10.2. The van der Waals surface area contributed by atoms with Crippen LogP contribution in [0.5, 0.6) is 11.5 Å². The van der Waals surface area contributed by atoms with Crippen molar-refractivity contribution >= 4 is 11.0 Å². The third-order valence-corrected chi connectivity index (χ3v) is 3.99. The number of phenolic OH excluding ortho intramolecular Hbond substituents is 1. The van der Waals surface area contributed by atoms with E-state index in [2.05, 4.69) is 17.1 Å². The van der Waals surface area contributed by atoms with Gasteiger partial charge in [-0.15, -0.1) is 15.0 Å². The van der Waals surface area contributed by atoms with Gasteiger partial charge in [-0.2, -0.15) is 0 Å². The van der Waals surface area contributed by atoms with Crippen molar-refractivity contribution in [2.45, 2.75) is 39.5 Å². The molecule has 1 N–H and O–H groups in total. The summed E-state index contributed by atoms with van der Waals surface area (Å²) in [7, 11) is 0. The second-order valence-corrected chi connectivity index (χ2v) is 5.85. The maximum Gasteiger partial charge on any atom is 0.143 e. The number of hydrogen-bond acceptors (Lipinski definition) is 4. The van der Waals surface area contributed by atoms with Crippen LogP contribution in [0.3, 0.4) is 0 Å². The van der Waals surface area contributed by atoms with Crippen LogP contribution in [0.4, 0.5) is 0 Å². The Morgan fingerprint density at radius 3 is 2.62 bits per heavy atom. The molecule has 0 saturated heterocycles. The van der Waals surface area contributed by atoms with E-state index in [1.807, 2.05) is 37.3 Å². The van der Waals surface area contributed by atoms with Gasteiger partial charge in [0.2, 0.25) is 0 Å². The summed E-state index contributed by atoms with van der Waals surface area (Å²) in [6.45, 7) is 4.75. The fourth-order valence-electron chi connectivity index (χ4n) is 2.72. The lowest BCUT2D eigenvalue weighted by Crippen LogP contribution is -2.00. The van der Waals surface area contributed by atoms with Crippen molar-refractivity contribution in [2.75, 3.05) is 6.61 Å². The van der Waals surface area contributed by atoms with E-state index >= 15 is 0 Å². The van der Waals surface area contributed by atoms with Gasteiger partial charge in [0, 0.05) is 6.07 Å². The topological polar surface area (TPSA) is 60.2 Å². The van der Waals surface area contributed by atoms with Crippen molar-refractivity contribution in [1.29, 1.82) is 0 Å². The van der Waals surface area contributed by atoms with Gasteiger partial charge in [-0.1, -0.05) is 25.8 Å². The summed E-state index contributed by atoms with van der Waals surface area (Å²) in [6, 6.07) is 11.3. The molecule has 0 spiro atoms. The number of aromatic hydroxyl groups is 1. The number of aryl methyl sites for hydroxylation is 1. The van der Waals surface area contributed by atoms with Gasteiger partial charge >= 0.3 is 0 Å². The molecule has 1 aromatic heterocycles. The fourth-order valence-corrected chi connectivity index (χ4v) is 2.72. The van der Waals surface area contributed by atoms with Crippen molar-refractivity contribution in [1.82, 2.24) is 15.0 Å². The Labute approximate surface area is 141 Å². The Hall–Kier alpha value is -2.56. The number of rotatable bonds is 7. The van der Waals surface area contributed by atoms with E-state index in [1.54, 1.807) is 6.07 Å². The van der Waals surface area contributed by atoms with Crippen LogP contribution in [0.2, 0.25) is 0 Å². The smallest absolute Gasteiger partial charge is 0.143 e. The zero-order chi connectivity index (χ0) is 16.9. The van der Waals surface area contributed by atoms with Gasteiger partial charge in [-0.3, -0.25) is 0 Å². The summed E-state index contributed by atoms with van der Waals surface area (Å²) in [6.07, 6.45) is 4.54. The number of hydrogen-bond donors (Lipinski definition) is 1. The number of fused-ring (bicyclic) bond motifs is 1. The average Bonchev–Trinajstić information content (AvgIpc) is 3.00. The van der Waals surface area contributed by atoms with Crippen LogP contribution in [0.25, 0.3) is 16.7 Å². The number of nitrogens with zero attached hydrogens (tertiary/aromatic N) is 3. The second kappa shape index (κ2) is 7.34. The summed E-state index contributed by atoms with van der Waals surface area (Å²) in [5.41, 5.74) is 3.32. The fraction of sp³-hybridized carbons (Fsp3) is 0.368. The molecule has 0 atom stereocenters. The molecule has 3 aromatic rings. The maximum atomic E-state index is 10.2. The van der Waals surface area contributed by atoms with Crippen LogP contribution in [-0.2, 0) is 6.42 Å². The molecule has 0 saturated carbocycles. The first kappa shape index (κ1) is 16.3. The normalized spacial score (nSPS) is 11.1. The molecule has 3 rings (SSSR count). The lowest BCUT2D eigenvalue weighted by molar-refractivity contribution is 0.340. The molecule has 0 radical (unpaired) electrons. The van der Waals surface area contributed by atoms with E-state index in [1.165, 1.54) is 23.2 Å². The Balaban J connectivity index is 1.92. The molecule has 0 aliphatic heterocycles. The van der Waals surface area contributed by atoms with Crippen molar-refractivity contribution < 1.29 is 9.84 Å². The third-order valence-electron chi connectivity index (χ3n) is 3.99. The SMILES string of the molecule is CCCCCc1ccc(O)c(-n2nc3ccc(OCC)cc3n2)c1. The van der Waals surface area contributed by atoms with Gasteiger partial charge < -0.3 is 9.84 Å². The molecule has 24 heavy (non-hydrogen) atoms. The van der Waals surface area contributed by atoms with Gasteiger partial charge in [0.05, 0.1) is 6.61 Å². The van der Waals surface area contributed by atoms with Crippen LogP contribution in [-0.4, -0.2) is 26.7 Å². The highest BCUT2D eigenvalue weighted by Gasteiger charge is 2.10. The molecular formula is C19H23N3O2. The molecule has 0 unspecified atom stereocenters. The van der Waals surface area contributed by atoms with Gasteiger partial charge in [0.1, 0.15) is 28.2 Å². The Morgan fingerprint density at radius 1 is 1.00 bits per heavy atom. The average molecular weight is 325 g/mol. The Bertz CT molecular complexity index is 827. The summed E-state index contributed by atoms with van der Waals surface area (Å²) in [4.78, 5) is 1.50. The molecule has 0 bridgehead atoms. The summed E-state index contributed by atoms with van der Waals surface area (Å²) < 4.78 is 5.50. The molecule has 126 valence electrons. The monoisotopic (exact) mass is 325 g/mol. The minimum Gasteiger partial charge on any atom is -0.506 e. The summed E-state index contributed by atoms with van der Waals surface area (Å²) in [5, 5.41) is 19.2. The first-order valence-corrected chi connectivity index (χ1v) is 8.53. The van der Waals surface area contributed by atoms with E-state index in [9.17, 15) is 5.11 Å². The molecule has 1 heterocycles. The number of phenols is 1. The van der Waals surface area contributed by atoms with Gasteiger partial charge in [-0.05, 0) is 49.6 Å². The van der Waals surface area contributed by atoms with Crippen molar-refractivity contribution in [3.05, 3.63) is 42.0 Å². The highest BCUT2D eigenvalue weighted by Crippen LogP contribution is 2.25. The van der Waals surface area contributed by atoms with Crippen LogP contribution in [0.1, 0.15) is 38.7 Å². The zero-order valence-electron chi connectivity index (χ0n) is 14.2. The van der Waals surface area contributed by atoms with E-state index in [0.29, 0.717) is 12.3 Å². The van der Waals surface area contributed by atoms with Crippen LogP contribution < -0.4 is 4.74 Å². The van der Waals surface area contributed by atoms with Gasteiger partial charge in [0.15, 0.2) is 0 Å². The van der Waals surface area contributed by atoms with E-state index < -0.39 is 0 Å². The number of unbranched alkanes of at least 4 members (excludes halogenated alkanes) is 2. The standard InChI is InChI=1S/C19H23N3O2/c1-3-5-6-7-14-8-11-19(23)18(12-14)22-20-16-10-9-15(24-4-2)13-17(16)21-22/h8-13,23H,3-7H2,1-2H3. The highest BCUT2D eigenvalue weighted by molar-refractivity contribution is 5.75. The Morgan fingerprint density at radius 2 is 1.83 bits per heavy atom. The number of aromatic nitrogens is 3. The van der Waals surface area contributed by atoms with Crippen LogP contribution >= 0.6 is 0 Å². The largest absolute Gasteiger partial charge is 0.506 e. The van der Waals surface area contributed by atoms with E-state index in [4.69, 9.17) is 4.74 Å². The van der Waals surface area contributed by atoms with Crippen molar-refractivity contribution in [3.63, 3.8) is 0 Å². The molecule has 5 heteroatoms. The zero-order valence-corrected chi connectivity index (χ0v) is 14.2. The van der Waals surface area contributed by atoms with Crippen LogP contribution in [0, 0.1) is 0 Å². The lowest BCUT2D eigenvalue weighted by atomic mass is 10.1. The molecule has 0 fully saturated rings. The first-order chi connectivity index (χ1) is 11.7.